The number of nitrogens with one attached hydrogen (secondary N) is 2. The second-order valence-corrected chi connectivity index (χ2v) is 8.07. The zero-order valence-corrected chi connectivity index (χ0v) is 20.4. The zero-order chi connectivity index (χ0) is 19.6. The molecule has 1 aliphatic heterocycles. The number of guanidine groups is 1. The zero-order valence-electron chi connectivity index (χ0n) is 18.0. The van der Waals surface area contributed by atoms with E-state index < -0.39 is 0 Å². The fourth-order valence-corrected chi connectivity index (χ4v) is 3.48. The SMILES string of the molecule is CCCCN1CCC(NC(=NCc2ccnc(OCC3CC3)c2)NCC)CC1.I. The van der Waals surface area contributed by atoms with Crippen molar-refractivity contribution in [1.82, 2.24) is 20.5 Å². The maximum Gasteiger partial charge on any atom is 0.213 e. The van der Waals surface area contributed by atoms with Crippen molar-refractivity contribution in [1.29, 1.82) is 0 Å². The molecule has 1 saturated heterocycles. The van der Waals surface area contributed by atoms with Crippen LogP contribution in [-0.4, -0.2) is 54.7 Å². The third-order valence-corrected chi connectivity index (χ3v) is 5.48. The van der Waals surface area contributed by atoms with Gasteiger partial charge in [-0.2, -0.15) is 0 Å². The molecule has 6 nitrogen and oxygen atoms in total. The summed E-state index contributed by atoms with van der Waals surface area (Å²) in [4.78, 5) is 11.7. The van der Waals surface area contributed by atoms with Crippen LogP contribution in [0.25, 0.3) is 0 Å². The van der Waals surface area contributed by atoms with Gasteiger partial charge in [-0.05, 0) is 63.1 Å². The Bertz CT molecular complexity index is 615. The number of aromatic nitrogens is 1. The predicted molar refractivity (Wildman–Crippen MR) is 130 cm³/mol. The Morgan fingerprint density at radius 1 is 1.24 bits per heavy atom. The van der Waals surface area contributed by atoms with Gasteiger partial charge in [-0.15, -0.1) is 24.0 Å². The van der Waals surface area contributed by atoms with Crippen molar-refractivity contribution in [3.05, 3.63) is 23.9 Å². The monoisotopic (exact) mass is 515 g/mol. The van der Waals surface area contributed by atoms with Crippen molar-refractivity contribution in [3.63, 3.8) is 0 Å². The van der Waals surface area contributed by atoms with Crippen molar-refractivity contribution in [2.24, 2.45) is 10.9 Å². The molecule has 0 atom stereocenters. The number of hydrogen-bond donors (Lipinski definition) is 2. The van der Waals surface area contributed by atoms with Crippen molar-refractivity contribution < 1.29 is 4.74 Å². The van der Waals surface area contributed by atoms with E-state index in [2.05, 4.69) is 34.4 Å². The summed E-state index contributed by atoms with van der Waals surface area (Å²) in [6.07, 6.45) is 9.35. The molecule has 2 fully saturated rings. The Morgan fingerprint density at radius 3 is 2.72 bits per heavy atom. The maximum atomic E-state index is 5.79. The normalized spacial score (nSPS) is 18.2. The molecule has 2 aliphatic rings. The first-order valence-electron chi connectivity index (χ1n) is 11.1. The molecule has 164 valence electrons. The average Bonchev–Trinajstić information content (AvgIpc) is 3.55. The van der Waals surface area contributed by atoms with Gasteiger partial charge in [-0.3, -0.25) is 0 Å². The Labute approximate surface area is 193 Å². The molecule has 1 aliphatic carbocycles. The van der Waals surface area contributed by atoms with Gasteiger partial charge >= 0.3 is 0 Å². The molecule has 3 rings (SSSR count). The van der Waals surface area contributed by atoms with E-state index in [1.807, 2.05) is 18.3 Å². The van der Waals surface area contributed by atoms with Crippen molar-refractivity contribution in [2.75, 3.05) is 32.8 Å². The molecule has 1 aromatic heterocycles. The quantitative estimate of drug-likeness (QED) is 0.282. The number of ether oxygens (including phenoxy) is 1. The molecule has 1 aromatic rings. The smallest absolute Gasteiger partial charge is 0.213 e. The van der Waals surface area contributed by atoms with E-state index in [4.69, 9.17) is 9.73 Å². The van der Waals surface area contributed by atoms with Crippen LogP contribution < -0.4 is 15.4 Å². The molecule has 2 heterocycles. The van der Waals surface area contributed by atoms with E-state index in [9.17, 15) is 0 Å². The molecule has 0 unspecified atom stereocenters. The number of aliphatic imine (C=N–C) groups is 1. The second-order valence-electron chi connectivity index (χ2n) is 8.07. The summed E-state index contributed by atoms with van der Waals surface area (Å²) >= 11 is 0. The number of halogens is 1. The molecule has 0 spiro atoms. The Morgan fingerprint density at radius 2 is 2.03 bits per heavy atom. The largest absolute Gasteiger partial charge is 0.477 e. The number of unbranched alkanes of at least 4 members (excludes halogenated alkanes) is 1. The summed E-state index contributed by atoms with van der Waals surface area (Å²) < 4.78 is 5.79. The van der Waals surface area contributed by atoms with Crippen LogP contribution in [0.4, 0.5) is 0 Å². The van der Waals surface area contributed by atoms with Crippen LogP contribution in [0.2, 0.25) is 0 Å². The highest BCUT2D eigenvalue weighted by Gasteiger charge is 2.22. The van der Waals surface area contributed by atoms with Gasteiger partial charge in [0, 0.05) is 37.9 Å². The number of hydrogen-bond acceptors (Lipinski definition) is 4. The lowest BCUT2D eigenvalue weighted by Crippen LogP contribution is -2.48. The van der Waals surface area contributed by atoms with Gasteiger partial charge in [-0.1, -0.05) is 13.3 Å². The number of nitrogens with zero attached hydrogens (tertiary/aromatic N) is 3. The minimum absolute atomic E-state index is 0. The lowest BCUT2D eigenvalue weighted by Gasteiger charge is -2.33. The highest BCUT2D eigenvalue weighted by Crippen LogP contribution is 2.29. The van der Waals surface area contributed by atoms with E-state index in [0.29, 0.717) is 12.6 Å². The van der Waals surface area contributed by atoms with Crippen LogP contribution >= 0.6 is 24.0 Å². The molecule has 2 N–H and O–H groups in total. The molecule has 29 heavy (non-hydrogen) atoms. The molecule has 0 aromatic carbocycles. The first-order valence-corrected chi connectivity index (χ1v) is 11.1. The molecule has 0 bridgehead atoms. The fraction of sp³-hybridized carbons (Fsp3) is 0.727. The van der Waals surface area contributed by atoms with E-state index in [0.717, 1.165) is 36.5 Å². The van der Waals surface area contributed by atoms with Gasteiger partial charge in [0.15, 0.2) is 5.96 Å². The number of likely N-dealkylation sites (tertiary alicyclic amines) is 1. The van der Waals surface area contributed by atoms with Crippen LogP contribution in [0, 0.1) is 5.92 Å². The van der Waals surface area contributed by atoms with Crippen molar-refractivity contribution >= 4 is 29.9 Å². The summed E-state index contributed by atoms with van der Waals surface area (Å²) in [6.45, 7) is 10.3. The molecule has 7 heteroatoms. The van der Waals surface area contributed by atoms with E-state index >= 15 is 0 Å². The number of piperidine rings is 1. The number of rotatable bonds is 10. The summed E-state index contributed by atoms with van der Waals surface area (Å²) in [5.41, 5.74) is 1.13. The van der Waals surface area contributed by atoms with Gasteiger partial charge in [0.2, 0.25) is 5.88 Å². The van der Waals surface area contributed by atoms with Crippen LogP contribution in [0.5, 0.6) is 5.88 Å². The predicted octanol–water partition coefficient (Wildman–Crippen LogP) is 3.81. The standard InChI is InChI=1S/C22H37N5O.HI/c1-3-5-12-27-13-9-20(10-14-27)26-22(23-4-2)25-16-19-8-11-24-21(15-19)28-17-18-6-7-18;/h8,11,15,18,20H,3-7,9-10,12-14,16-17H2,1-2H3,(H2,23,25,26);1H. The van der Waals surface area contributed by atoms with Crippen LogP contribution in [0.15, 0.2) is 23.3 Å². The molecular weight excluding hydrogens is 477 g/mol. The van der Waals surface area contributed by atoms with Gasteiger partial charge in [0.25, 0.3) is 0 Å². The Balaban J connectivity index is 0.00000300. The molecule has 1 saturated carbocycles. The highest BCUT2D eigenvalue weighted by atomic mass is 127. The first kappa shape index (κ1) is 24.2. The van der Waals surface area contributed by atoms with E-state index in [1.165, 1.54) is 58.2 Å². The summed E-state index contributed by atoms with van der Waals surface area (Å²) in [7, 11) is 0. The average molecular weight is 515 g/mol. The van der Waals surface area contributed by atoms with Crippen LogP contribution in [0.1, 0.15) is 57.9 Å². The number of pyridine rings is 1. The van der Waals surface area contributed by atoms with Gasteiger partial charge < -0.3 is 20.3 Å². The summed E-state index contributed by atoms with van der Waals surface area (Å²) in [5.74, 6) is 2.37. The van der Waals surface area contributed by atoms with Gasteiger partial charge in [0.05, 0.1) is 13.2 Å². The topological polar surface area (TPSA) is 61.8 Å². The first-order chi connectivity index (χ1) is 13.8. The molecular formula is C22H38IN5O. The minimum atomic E-state index is 0. The van der Waals surface area contributed by atoms with Crippen molar-refractivity contribution in [3.8, 4) is 5.88 Å². The molecule has 0 amide bonds. The van der Waals surface area contributed by atoms with Gasteiger partial charge in [0.1, 0.15) is 0 Å². The highest BCUT2D eigenvalue weighted by molar-refractivity contribution is 14.0. The van der Waals surface area contributed by atoms with Crippen LogP contribution in [-0.2, 0) is 6.54 Å². The third-order valence-electron chi connectivity index (χ3n) is 5.48. The third kappa shape index (κ3) is 9.07. The minimum Gasteiger partial charge on any atom is -0.477 e. The van der Waals surface area contributed by atoms with Crippen LogP contribution in [0.3, 0.4) is 0 Å². The van der Waals surface area contributed by atoms with Crippen molar-refractivity contribution in [2.45, 2.75) is 65.0 Å². The van der Waals surface area contributed by atoms with E-state index in [1.54, 1.807) is 0 Å². The summed E-state index contributed by atoms with van der Waals surface area (Å²) in [6, 6.07) is 4.54. The Hall–Kier alpha value is -1.09. The van der Waals surface area contributed by atoms with E-state index in [-0.39, 0.29) is 24.0 Å². The lowest BCUT2D eigenvalue weighted by atomic mass is 10.0. The fourth-order valence-electron chi connectivity index (χ4n) is 3.48. The summed E-state index contributed by atoms with van der Waals surface area (Å²) in [5, 5.41) is 7.02. The maximum absolute atomic E-state index is 5.79. The lowest BCUT2D eigenvalue weighted by molar-refractivity contribution is 0.203. The second kappa shape index (κ2) is 13.3. The van der Waals surface area contributed by atoms with Gasteiger partial charge in [-0.25, -0.2) is 9.98 Å². The Kier molecular flexibility index (Phi) is 11.1. The molecule has 0 radical (unpaired) electrons.